The summed E-state index contributed by atoms with van der Waals surface area (Å²) in [6.07, 6.45) is -0.0204. The molecule has 2 aromatic carbocycles. The van der Waals surface area contributed by atoms with Gasteiger partial charge in [0.1, 0.15) is 11.6 Å². The van der Waals surface area contributed by atoms with Crippen molar-refractivity contribution < 1.29 is 14.3 Å². The highest BCUT2D eigenvalue weighted by atomic mass is 79.9. The summed E-state index contributed by atoms with van der Waals surface area (Å²) in [5.74, 6) is -0.863. The first kappa shape index (κ1) is 13.5. The molecule has 0 saturated carbocycles. The number of amides is 1. The number of anilines is 1. The molecule has 0 aliphatic rings. The lowest BCUT2D eigenvalue weighted by atomic mass is 10.1. The molecule has 1 amide bonds. The van der Waals surface area contributed by atoms with Gasteiger partial charge in [0, 0.05) is 10.0 Å². The van der Waals surface area contributed by atoms with E-state index < -0.39 is 11.7 Å². The molecular weight excluding hydrogens is 313 g/mol. The Bertz CT molecular complexity index is 596. The van der Waals surface area contributed by atoms with Gasteiger partial charge in [0.15, 0.2) is 0 Å². The maximum absolute atomic E-state index is 13.5. The number of benzene rings is 2. The molecule has 3 nitrogen and oxygen atoms in total. The van der Waals surface area contributed by atoms with Crippen molar-refractivity contribution in [3.63, 3.8) is 0 Å². The predicted octanol–water partition coefficient (Wildman–Crippen LogP) is 3.48. The Morgan fingerprint density at radius 2 is 1.95 bits per heavy atom. The van der Waals surface area contributed by atoms with E-state index in [4.69, 9.17) is 0 Å². The zero-order chi connectivity index (χ0) is 13.8. The molecule has 0 bridgehead atoms. The average Bonchev–Trinajstić information content (AvgIpc) is 2.37. The number of carbonyl (C=O) groups is 1. The molecular formula is C14H11BrFNO2. The summed E-state index contributed by atoms with van der Waals surface area (Å²) in [4.78, 5) is 11.8. The molecule has 98 valence electrons. The highest BCUT2D eigenvalue weighted by molar-refractivity contribution is 9.10. The number of phenolic OH excluding ortho intramolecular Hbond substituents is 1. The average molecular weight is 324 g/mol. The van der Waals surface area contributed by atoms with E-state index >= 15 is 0 Å². The SMILES string of the molecule is O=C(Cc1ccccc1O)Nc1c(F)cccc1Br. The van der Waals surface area contributed by atoms with Crippen molar-refractivity contribution >= 4 is 27.5 Å². The quantitative estimate of drug-likeness (QED) is 0.908. The highest BCUT2D eigenvalue weighted by Gasteiger charge is 2.12. The summed E-state index contributed by atoms with van der Waals surface area (Å²) in [6, 6.07) is 11.0. The standard InChI is InChI=1S/C14H11BrFNO2/c15-10-5-3-6-11(16)14(10)17-13(19)8-9-4-1-2-7-12(9)18/h1-7,18H,8H2,(H,17,19). The molecule has 0 aliphatic carbocycles. The van der Waals surface area contributed by atoms with Crippen LogP contribution in [0, 0.1) is 5.82 Å². The van der Waals surface area contributed by atoms with E-state index in [0.717, 1.165) is 0 Å². The lowest BCUT2D eigenvalue weighted by Gasteiger charge is -2.09. The Morgan fingerprint density at radius 3 is 2.63 bits per heavy atom. The summed E-state index contributed by atoms with van der Waals surface area (Å²) < 4.78 is 14.0. The third-order valence-corrected chi connectivity index (χ3v) is 3.23. The van der Waals surface area contributed by atoms with Crippen LogP contribution in [0.3, 0.4) is 0 Å². The van der Waals surface area contributed by atoms with Crippen LogP contribution in [0.5, 0.6) is 5.75 Å². The van der Waals surface area contributed by atoms with Crippen molar-refractivity contribution in [3.05, 3.63) is 58.3 Å². The van der Waals surface area contributed by atoms with Crippen LogP contribution in [0.4, 0.5) is 10.1 Å². The van der Waals surface area contributed by atoms with Gasteiger partial charge in [0.05, 0.1) is 12.1 Å². The molecule has 0 heterocycles. The Labute approximate surface area is 118 Å². The minimum atomic E-state index is -0.514. The maximum atomic E-state index is 13.5. The summed E-state index contributed by atoms with van der Waals surface area (Å²) in [5.41, 5.74) is 0.593. The zero-order valence-electron chi connectivity index (χ0n) is 9.86. The summed E-state index contributed by atoms with van der Waals surface area (Å²) >= 11 is 3.17. The second-order valence-electron chi connectivity index (χ2n) is 3.95. The van der Waals surface area contributed by atoms with E-state index in [1.54, 1.807) is 24.3 Å². The number of hydrogen-bond donors (Lipinski definition) is 2. The first-order valence-corrected chi connectivity index (χ1v) is 6.38. The molecule has 0 aromatic heterocycles. The second kappa shape index (κ2) is 5.84. The Balaban J connectivity index is 2.12. The zero-order valence-corrected chi connectivity index (χ0v) is 11.4. The number of phenols is 1. The normalized spacial score (nSPS) is 10.2. The molecule has 0 unspecified atom stereocenters. The topological polar surface area (TPSA) is 49.3 Å². The van der Waals surface area contributed by atoms with Gasteiger partial charge in [-0.1, -0.05) is 24.3 Å². The van der Waals surface area contributed by atoms with Crippen LogP contribution in [-0.4, -0.2) is 11.0 Å². The molecule has 2 aromatic rings. The number of nitrogens with one attached hydrogen (secondary N) is 1. The van der Waals surface area contributed by atoms with Crippen LogP contribution in [0.25, 0.3) is 0 Å². The van der Waals surface area contributed by atoms with E-state index in [9.17, 15) is 14.3 Å². The minimum absolute atomic E-state index is 0.0204. The van der Waals surface area contributed by atoms with Gasteiger partial charge in [-0.25, -0.2) is 4.39 Å². The van der Waals surface area contributed by atoms with Gasteiger partial charge in [0.2, 0.25) is 5.91 Å². The van der Waals surface area contributed by atoms with Crippen LogP contribution in [0.1, 0.15) is 5.56 Å². The molecule has 0 aliphatic heterocycles. The Morgan fingerprint density at radius 1 is 1.21 bits per heavy atom. The molecule has 2 N–H and O–H groups in total. The van der Waals surface area contributed by atoms with Gasteiger partial charge in [-0.15, -0.1) is 0 Å². The van der Waals surface area contributed by atoms with Gasteiger partial charge >= 0.3 is 0 Å². The number of para-hydroxylation sites is 2. The fourth-order valence-electron chi connectivity index (χ4n) is 1.63. The molecule has 2 rings (SSSR count). The molecule has 0 fully saturated rings. The van der Waals surface area contributed by atoms with Gasteiger partial charge in [0.25, 0.3) is 0 Å². The molecule has 0 spiro atoms. The lowest BCUT2D eigenvalue weighted by Crippen LogP contribution is -2.15. The fourth-order valence-corrected chi connectivity index (χ4v) is 2.08. The number of aromatic hydroxyl groups is 1. The molecule has 19 heavy (non-hydrogen) atoms. The van der Waals surface area contributed by atoms with Crippen LogP contribution in [0.15, 0.2) is 46.9 Å². The van der Waals surface area contributed by atoms with E-state index in [-0.39, 0.29) is 17.9 Å². The van der Waals surface area contributed by atoms with Crippen molar-refractivity contribution in [2.75, 3.05) is 5.32 Å². The fraction of sp³-hybridized carbons (Fsp3) is 0.0714. The molecule has 0 saturated heterocycles. The van der Waals surface area contributed by atoms with Crippen molar-refractivity contribution in [1.29, 1.82) is 0 Å². The third kappa shape index (κ3) is 3.32. The van der Waals surface area contributed by atoms with Gasteiger partial charge < -0.3 is 10.4 Å². The van der Waals surface area contributed by atoms with Crippen molar-refractivity contribution in [3.8, 4) is 5.75 Å². The Hall–Kier alpha value is -1.88. The molecule has 5 heteroatoms. The smallest absolute Gasteiger partial charge is 0.229 e. The van der Waals surface area contributed by atoms with Crippen molar-refractivity contribution in [1.82, 2.24) is 0 Å². The molecule has 0 atom stereocenters. The summed E-state index contributed by atoms with van der Waals surface area (Å²) in [6.45, 7) is 0. The van der Waals surface area contributed by atoms with Crippen molar-refractivity contribution in [2.24, 2.45) is 0 Å². The number of halogens is 2. The van der Waals surface area contributed by atoms with Crippen LogP contribution in [0.2, 0.25) is 0 Å². The van der Waals surface area contributed by atoms with E-state index in [2.05, 4.69) is 21.2 Å². The van der Waals surface area contributed by atoms with E-state index in [0.29, 0.717) is 10.0 Å². The largest absolute Gasteiger partial charge is 0.508 e. The second-order valence-corrected chi connectivity index (χ2v) is 4.80. The van der Waals surface area contributed by atoms with Gasteiger partial charge in [-0.05, 0) is 34.1 Å². The molecule has 0 radical (unpaired) electrons. The summed E-state index contributed by atoms with van der Waals surface area (Å²) in [5, 5.41) is 12.1. The van der Waals surface area contributed by atoms with Crippen molar-refractivity contribution in [2.45, 2.75) is 6.42 Å². The predicted molar refractivity (Wildman–Crippen MR) is 74.5 cm³/mol. The highest BCUT2D eigenvalue weighted by Crippen LogP contribution is 2.25. The van der Waals surface area contributed by atoms with E-state index in [1.807, 2.05) is 0 Å². The maximum Gasteiger partial charge on any atom is 0.229 e. The van der Waals surface area contributed by atoms with Crippen LogP contribution < -0.4 is 5.32 Å². The number of carbonyl (C=O) groups excluding carboxylic acids is 1. The van der Waals surface area contributed by atoms with Crippen LogP contribution in [-0.2, 0) is 11.2 Å². The van der Waals surface area contributed by atoms with Gasteiger partial charge in [-0.3, -0.25) is 4.79 Å². The number of hydrogen-bond acceptors (Lipinski definition) is 2. The summed E-state index contributed by atoms with van der Waals surface area (Å²) in [7, 11) is 0. The van der Waals surface area contributed by atoms with Gasteiger partial charge in [-0.2, -0.15) is 0 Å². The monoisotopic (exact) mass is 323 g/mol. The Kier molecular flexibility index (Phi) is 4.16. The number of rotatable bonds is 3. The third-order valence-electron chi connectivity index (χ3n) is 2.57. The first-order chi connectivity index (χ1) is 9.08. The van der Waals surface area contributed by atoms with E-state index in [1.165, 1.54) is 18.2 Å². The van der Waals surface area contributed by atoms with Crippen LogP contribution >= 0.6 is 15.9 Å². The first-order valence-electron chi connectivity index (χ1n) is 5.58. The minimum Gasteiger partial charge on any atom is -0.508 e. The lowest BCUT2D eigenvalue weighted by molar-refractivity contribution is -0.115.